The zero-order chi connectivity index (χ0) is 43.6. The first kappa shape index (κ1) is 38.3. The fourth-order valence-corrected chi connectivity index (χ4v) is 11.3. The van der Waals surface area contributed by atoms with E-state index in [9.17, 15) is 0 Å². The number of aryl methyl sites for hydroxylation is 1. The Hall–Kier alpha value is -8.20. The highest BCUT2D eigenvalue weighted by molar-refractivity contribution is 6.09. The molecule has 0 unspecified atom stereocenters. The lowest BCUT2D eigenvalue weighted by molar-refractivity contribution is 0.756. The molecular weight excluding hydrogens is 797 g/mol. The number of fused-ring (bicyclic) bond motifs is 9. The molecule has 2 heterocycles. The van der Waals surface area contributed by atoms with E-state index in [1.165, 1.54) is 105 Å². The van der Waals surface area contributed by atoms with Gasteiger partial charge in [-0.05, 0) is 150 Å². The van der Waals surface area contributed by atoms with Gasteiger partial charge in [0.1, 0.15) is 0 Å². The van der Waals surface area contributed by atoms with Gasteiger partial charge >= 0.3 is 0 Å². The van der Waals surface area contributed by atoms with Crippen molar-refractivity contribution in [1.82, 2.24) is 0 Å². The van der Waals surface area contributed by atoms with Gasteiger partial charge in [0.15, 0.2) is 0 Å². The molecule has 0 saturated heterocycles. The third-order valence-corrected chi connectivity index (χ3v) is 14.3. The number of nitrogens with zero attached hydrogens (tertiary/aromatic N) is 2. The lowest BCUT2D eigenvalue weighted by atomic mass is 9.67. The van der Waals surface area contributed by atoms with Crippen molar-refractivity contribution in [3.8, 4) is 11.1 Å². The van der Waals surface area contributed by atoms with Gasteiger partial charge in [-0.2, -0.15) is 0 Å². The summed E-state index contributed by atoms with van der Waals surface area (Å²) in [6, 6.07) is 81.3. The number of benzene rings is 10. The van der Waals surface area contributed by atoms with Crippen LogP contribution in [0.15, 0.2) is 218 Å². The molecule has 2 heteroatoms. The first-order valence-electron chi connectivity index (χ1n) is 23.3. The molecule has 10 aromatic carbocycles. The maximum atomic E-state index is 2.54. The maximum absolute atomic E-state index is 2.54. The predicted octanol–water partition coefficient (Wildman–Crippen LogP) is 16.6. The van der Waals surface area contributed by atoms with E-state index >= 15 is 0 Å². The normalized spacial score (nSPS) is 14.4. The minimum atomic E-state index is -0.497. The lowest BCUT2D eigenvalue weighted by Crippen LogP contribution is -2.29. The molecule has 0 N–H and O–H groups in total. The molecule has 0 saturated carbocycles. The monoisotopic (exact) mass is 842 g/mol. The van der Waals surface area contributed by atoms with Gasteiger partial charge in [-0.1, -0.05) is 188 Å². The number of rotatable bonds is 6. The van der Waals surface area contributed by atoms with E-state index < -0.39 is 5.41 Å². The third-order valence-electron chi connectivity index (χ3n) is 14.3. The van der Waals surface area contributed by atoms with E-state index in [2.05, 4.69) is 252 Å². The number of hydrogen-bond acceptors (Lipinski definition) is 2. The molecule has 0 amide bonds. The van der Waals surface area contributed by atoms with Gasteiger partial charge in [0.05, 0.1) is 16.8 Å². The number of hydrogen-bond donors (Lipinski definition) is 0. The van der Waals surface area contributed by atoms with Gasteiger partial charge in [0.2, 0.25) is 0 Å². The molecule has 66 heavy (non-hydrogen) atoms. The summed E-state index contributed by atoms with van der Waals surface area (Å²) in [5.41, 5.74) is 19.6. The Morgan fingerprint density at radius 3 is 1.64 bits per heavy atom. The maximum Gasteiger partial charge on any atom is 0.0714 e. The van der Waals surface area contributed by atoms with Crippen molar-refractivity contribution in [3.05, 3.63) is 268 Å². The van der Waals surface area contributed by atoms with Crippen LogP contribution in [0.2, 0.25) is 0 Å². The molecule has 3 aliphatic rings. The molecule has 0 bridgehead atoms. The van der Waals surface area contributed by atoms with Crippen molar-refractivity contribution in [1.29, 1.82) is 0 Å². The van der Waals surface area contributed by atoms with E-state index in [0.717, 1.165) is 25.1 Å². The van der Waals surface area contributed by atoms with Gasteiger partial charge in [0.25, 0.3) is 0 Å². The van der Waals surface area contributed by atoms with E-state index in [1.807, 2.05) is 0 Å². The molecule has 10 aromatic rings. The Morgan fingerprint density at radius 1 is 0.409 bits per heavy atom. The fraction of sp³-hybridized carbons (Fsp3) is 0.0625. The zero-order valence-electron chi connectivity index (χ0n) is 36.6. The van der Waals surface area contributed by atoms with Crippen LogP contribution in [0.1, 0.15) is 56.5 Å². The van der Waals surface area contributed by atoms with E-state index in [-0.39, 0.29) is 0 Å². The van der Waals surface area contributed by atoms with Gasteiger partial charge in [-0.15, -0.1) is 0 Å². The summed E-state index contributed by atoms with van der Waals surface area (Å²) < 4.78 is 0. The van der Waals surface area contributed by atoms with E-state index in [0.29, 0.717) is 0 Å². The summed E-state index contributed by atoms with van der Waals surface area (Å²) in [6.45, 7) is 1.01. The van der Waals surface area contributed by atoms with Crippen molar-refractivity contribution < 1.29 is 0 Å². The molecular formula is C64H46N2. The Kier molecular flexibility index (Phi) is 8.99. The van der Waals surface area contributed by atoms with Crippen molar-refractivity contribution >= 4 is 74.3 Å². The van der Waals surface area contributed by atoms with Crippen molar-refractivity contribution in [2.24, 2.45) is 0 Å². The smallest absolute Gasteiger partial charge is 0.0714 e. The van der Waals surface area contributed by atoms with E-state index in [4.69, 9.17) is 0 Å². The second-order valence-electron chi connectivity index (χ2n) is 18.0. The molecule has 0 aromatic heterocycles. The molecule has 2 aliphatic heterocycles. The minimum Gasteiger partial charge on any atom is -0.341 e. The van der Waals surface area contributed by atoms with Crippen LogP contribution < -0.4 is 9.80 Å². The second kappa shape index (κ2) is 15.5. The molecule has 0 spiro atoms. The van der Waals surface area contributed by atoms with Gasteiger partial charge in [0, 0.05) is 23.6 Å². The van der Waals surface area contributed by atoms with Crippen LogP contribution in [0.5, 0.6) is 0 Å². The number of para-hydroxylation sites is 3. The molecule has 1 aliphatic carbocycles. The first-order valence-corrected chi connectivity index (χ1v) is 23.3. The molecule has 0 radical (unpaired) electrons. The summed E-state index contributed by atoms with van der Waals surface area (Å²) in [7, 11) is 0. The van der Waals surface area contributed by atoms with Crippen LogP contribution >= 0.6 is 0 Å². The molecule has 13 rings (SSSR count). The predicted molar refractivity (Wildman–Crippen MR) is 280 cm³/mol. The topological polar surface area (TPSA) is 6.48 Å². The highest BCUT2D eigenvalue weighted by atomic mass is 15.2. The summed E-state index contributed by atoms with van der Waals surface area (Å²) in [4.78, 5) is 4.93. The van der Waals surface area contributed by atoms with Crippen LogP contribution in [0, 0.1) is 0 Å². The fourth-order valence-electron chi connectivity index (χ4n) is 11.3. The Bertz CT molecular complexity index is 3490. The second-order valence-corrected chi connectivity index (χ2v) is 18.0. The molecule has 0 fully saturated rings. The van der Waals surface area contributed by atoms with Crippen LogP contribution in [0.4, 0.5) is 28.4 Å². The zero-order valence-corrected chi connectivity index (χ0v) is 36.6. The highest BCUT2D eigenvalue weighted by Gasteiger charge is 2.46. The van der Waals surface area contributed by atoms with Gasteiger partial charge in [-0.3, -0.25) is 0 Å². The lowest BCUT2D eigenvalue weighted by Gasteiger charge is -2.36. The Labute approximate surface area is 386 Å². The average Bonchev–Trinajstić information content (AvgIpc) is 3.56. The standard InChI is InChI=1S/C64H46N2/c1-3-18-51(19-4-1)64(52-20-5-2-6-21-52)59-41-45(28-36-57(59)58-38-33-53(43-60(58)64)65-39-13-17-46-14-7-10-22-61(46)65)26-25-44-27-35-55-49(40-44)31-32-50-42-54(34-37-56(50)55)66-62-23-11-8-15-47(62)29-30-48-16-9-12-24-63(48)66/h1-12,14-16,18-38,40-43H,13,17,39H2. The van der Waals surface area contributed by atoms with Crippen molar-refractivity contribution in [3.63, 3.8) is 0 Å². The van der Waals surface area contributed by atoms with Gasteiger partial charge in [-0.25, -0.2) is 0 Å². The Balaban J connectivity index is 0.879. The summed E-state index contributed by atoms with van der Waals surface area (Å²) >= 11 is 0. The largest absolute Gasteiger partial charge is 0.341 e. The number of anilines is 5. The summed E-state index contributed by atoms with van der Waals surface area (Å²) in [6.07, 6.45) is 11.3. The summed E-state index contributed by atoms with van der Waals surface area (Å²) in [5.74, 6) is 0. The average molecular weight is 843 g/mol. The van der Waals surface area contributed by atoms with Crippen molar-refractivity contribution in [2.75, 3.05) is 16.3 Å². The van der Waals surface area contributed by atoms with Gasteiger partial charge < -0.3 is 9.80 Å². The van der Waals surface area contributed by atoms with Crippen LogP contribution in [0.3, 0.4) is 0 Å². The van der Waals surface area contributed by atoms with Crippen LogP contribution in [-0.4, -0.2) is 6.54 Å². The van der Waals surface area contributed by atoms with Crippen LogP contribution in [0.25, 0.3) is 57.0 Å². The van der Waals surface area contributed by atoms with Crippen molar-refractivity contribution in [2.45, 2.75) is 18.3 Å². The molecule has 312 valence electrons. The van der Waals surface area contributed by atoms with E-state index in [1.54, 1.807) is 0 Å². The first-order chi connectivity index (χ1) is 32.7. The quantitative estimate of drug-likeness (QED) is 0.122. The minimum absolute atomic E-state index is 0.497. The molecule has 2 nitrogen and oxygen atoms in total. The highest BCUT2D eigenvalue weighted by Crippen LogP contribution is 2.57. The molecule has 0 atom stereocenters. The SMILES string of the molecule is C(=Cc1ccc2c(ccc3cc(N4c5ccccc5C=Cc5ccccc54)ccc32)c1)c1ccc2c(c1)C(c1ccccc1)(c1ccccc1)c1cc(N3CCCc4ccccc43)ccc1-2. The Morgan fingerprint density at radius 2 is 0.939 bits per heavy atom. The third kappa shape index (κ3) is 6.10. The summed E-state index contributed by atoms with van der Waals surface area (Å²) in [5, 5.41) is 4.97. The van der Waals surface area contributed by atoms with Crippen LogP contribution in [-0.2, 0) is 11.8 Å².